The highest BCUT2D eigenvalue weighted by atomic mass is 16.5. The number of carbonyl (C=O) groups is 2. The second kappa shape index (κ2) is 8.25. The van der Waals surface area contributed by atoms with E-state index >= 15 is 0 Å². The van der Waals surface area contributed by atoms with Crippen molar-refractivity contribution >= 4 is 11.9 Å². The maximum absolute atomic E-state index is 12.5. The Morgan fingerprint density at radius 2 is 1.90 bits per heavy atom. The van der Waals surface area contributed by atoms with E-state index in [4.69, 9.17) is 9.84 Å². The van der Waals surface area contributed by atoms with E-state index in [2.05, 4.69) is 0 Å². The molecule has 20 heavy (non-hydrogen) atoms. The van der Waals surface area contributed by atoms with E-state index < -0.39 is 12.1 Å². The number of nitrogens with zero attached hydrogens (tertiary/aromatic N) is 1. The van der Waals surface area contributed by atoms with Crippen molar-refractivity contribution in [2.24, 2.45) is 5.92 Å². The van der Waals surface area contributed by atoms with Crippen LogP contribution in [0.3, 0.4) is 0 Å². The van der Waals surface area contributed by atoms with E-state index in [1.807, 2.05) is 20.8 Å². The van der Waals surface area contributed by atoms with Crippen LogP contribution < -0.4 is 0 Å². The summed E-state index contributed by atoms with van der Waals surface area (Å²) >= 11 is 0. The average molecular weight is 285 g/mol. The molecule has 1 fully saturated rings. The van der Waals surface area contributed by atoms with Crippen LogP contribution in [-0.2, 0) is 14.3 Å². The SMILES string of the molecule is CCC(OC1CCCC1)C(=O)N(CC(=O)O)CC(C)C. The van der Waals surface area contributed by atoms with Crippen molar-refractivity contribution in [1.82, 2.24) is 4.90 Å². The molecule has 1 rings (SSSR count). The van der Waals surface area contributed by atoms with Crippen LogP contribution in [0.1, 0.15) is 52.9 Å². The molecule has 0 heterocycles. The largest absolute Gasteiger partial charge is 0.480 e. The van der Waals surface area contributed by atoms with Crippen molar-refractivity contribution in [2.45, 2.75) is 65.1 Å². The Bertz CT molecular complexity index is 324. The van der Waals surface area contributed by atoms with Gasteiger partial charge in [0.05, 0.1) is 6.10 Å². The summed E-state index contributed by atoms with van der Waals surface area (Å²) in [5, 5.41) is 8.95. The molecule has 0 saturated heterocycles. The van der Waals surface area contributed by atoms with Gasteiger partial charge in [-0.25, -0.2) is 0 Å². The summed E-state index contributed by atoms with van der Waals surface area (Å²) in [5.74, 6) is -0.924. The Hall–Kier alpha value is -1.10. The molecule has 0 spiro atoms. The summed E-state index contributed by atoms with van der Waals surface area (Å²) in [5.41, 5.74) is 0. The Kier molecular flexibility index (Phi) is 6.99. The van der Waals surface area contributed by atoms with Gasteiger partial charge in [0.15, 0.2) is 0 Å². The van der Waals surface area contributed by atoms with Gasteiger partial charge in [-0.1, -0.05) is 33.6 Å². The number of aliphatic carboxylic acids is 1. The first-order valence-electron chi connectivity index (χ1n) is 7.60. The smallest absolute Gasteiger partial charge is 0.323 e. The van der Waals surface area contributed by atoms with Gasteiger partial charge in [0.1, 0.15) is 12.6 Å². The average Bonchev–Trinajstić information content (AvgIpc) is 2.86. The first-order chi connectivity index (χ1) is 9.43. The Balaban J connectivity index is 2.64. The number of ether oxygens (including phenoxy) is 1. The lowest BCUT2D eigenvalue weighted by Crippen LogP contribution is -2.45. The van der Waals surface area contributed by atoms with E-state index in [-0.39, 0.29) is 24.5 Å². The minimum absolute atomic E-state index is 0.162. The van der Waals surface area contributed by atoms with Gasteiger partial charge in [0, 0.05) is 6.54 Å². The van der Waals surface area contributed by atoms with Crippen LogP contribution in [0.15, 0.2) is 0 Å². The van der Waals surface area contributed by atoms with Gasteiger partial charge >= 0.3 is 5.97 Å². The molecular formula is C15H27NO4. The second-order valence-corrected chi connectivity index (χ2v) is 5.95. The molecule has 1 N–H and O–H groups in total. The van der Waals surface area contributed by atoms with Crippen molar-refractivity contribution in [3.05, 3.63) is 0 Å². The fourth-order valence-corrected chi connectivity index (χ4v) is 2.63. The first kappa shape index (κ1) is 17.0. The van der Waals surface area contributed by atoms with Gasteiger partial charge in [-0.15, -0.1) is 0 Å². The molecule has 0 radical (unpaired) electrons. The molecular weight excluding hydrogens is 258 g/mol. The predicted octanol–water partition coefficient (Wildman–Crippen LogP) is 2.29. The van der Waals surface area contributed by atoms with Crippen LogP contribution >= 0.6 is 0 Å². The highest BCUT2D eigenvalue weighted by molar-refractivity contribution is 5.84. The van der Waals surface area contributed by atoms with Crippen molar-refractivity contribution < 1.29 is 19.4 Å². The lowest BCUT2D eigenvalue weighted by molar-refractivity contribution is -0.154. The highest BCUT2D eigenvalue weighted by Crippen LogP contribution is 2.23. The fourth-order valence-electron chi connectivity index (χ4n) is 2.63. The van der Waals surface area contributed by atoms with Crippen LogP contribution in [0.4, 0.5) is 0 Å². The summed E-state index contributed by atoms with van der Waals surface area (Å²) in [7, 11) is 0. The molecule has 1 atom stereocenters. The standard InChI is InChI=1S/C15H27NO4/c1-4-13(20-12-7-5-6-8-12)15(19)16(9-11(2)3)10-14(17)18/h11-13H,4-10H2,1-3H3,(H,17,18). The van der Waals surface area contributed by atoms with Crippen molar-refractivity contribution in [1.29, 1.82) is 0 Å². The Labute approximate surface area is 121 Å². The number of carboxylic acids is 1. The summed E-state index contributed by atoms with van der Waals surface area (Å²) in [4.78, 5) is 24.8. The lowest BCUT2D eigenvalue weighted by Gasteiger charge is -2.28. The molecule has 1 saturated carbocycles. The lowest BCUT2D eigenvalue weighted by atomic mass is 10.1. The van der Waals surface area contributed by atoms with Crippen LogP contribution in [-0.4, -0.2) is 47.2 Å². The molecule has 116 valence electrons. The quantitative estimate of drug-likeness (QED) is 0.743. The maximum atomic E-state index is 12.5. The molecule has 0 aromatic rings. The molecule has 1 unspecified atom stereocenters. The third-order valence-corrected chi connectivity index (χ3v) is 3.53. The molecule has 5 nitrogen and oxygen atoms in total. The van der Waals surface area contributed by atoms with Crippen molar-refractivity contribution in [2.75, 3.05) is 13.1 Å². The summed E-state index contributed by atoms with van der Waals surface area (Å²) in [6.45, 7) is 6.06. The molecule has 1 aliphatic carbocycles. The zero-order chi connectivity index (χ0) is 15.1. The predicted molar refractivity (Wildman–Crippen MR) is 76.5 cm³/mol. The van der Waals surface area contributed by atoms with E-state index in [9.17, 15) is 9.59 Å². The first-order valence-corrected chi connectivity index (χ1v) is 7.60. The van der Waals surface area contributed by atoms with Crippen LogP contribution in [0, 0.1) is 5.92 Å². The topological polar surface area (TPSA) is 66.8 Å². The van der Waals surface area contributed by atoms with Crippen LogP contribution in [0.25, 0.3) is 0 Å². The third kappa shape index (κ3) is 5.49. The van der Waals surface area contributed by atoms with E-state index in [0.717, 1.165) is 25.7 Å². The van der Waals surface area contributed by atoms with Crippen molar-refractivity contribution in [3.8, 4) is 0 Å². The monoisotopic (exact) mass is 285 g/mol. The Morgan fingerprint density at radius 1 is 1.30 bits per heavy atom. The van der Waals surface area contributed by atoms with Gasteiger partial charge in [-0.2, -0.15) is 0 Å². The highest BCUT2D eigenvalue weighted by Gasteiger charge is 2.29. The normalized spacial score (nSPS) is 17.4. The molecule has 1 amide bonds. The number of amides is 1. The van der Waals surface area contributed by atoms with Gasteiger partial charge in [0.2, 0.25) is 0 Å². The van der Waals surface area contributed by atoms with Gasteiger partial charge in [0.25, 0.3) is 5.91 Å². The molecule has 1 aliphatic rings. The fraction of sp³-hybridized carbons (Fsp3) is 0.867. The van der Waals surface area contributed by atoms with Crippen molar-refractivity contribution in [3.63, 3.8) is 0 Å². The van der Waals surface area contributed by atoms with Gasteiger partial charge in [-0.05, 0) is 25.2 Å². The van der Waals surface area contributed by atoms with Crippen LogP contribution in [0.5, 0.6) is 0 Å². The zero-order valence-corrected chi connectivity index (χ0v) is 12.8. The van der Waals surface area contributed by atoms with Crippen LogP contribution in [0.2, 0.25) is 0 Å². The van der Waals surface area contributed by atoms with E-state index in [0.29, 0.717) is 13.0 Å². The molecule has 0 bridgehead atoms. The summed E-state index contributed by atoms with van der Waals surface area (Å²) in [6.07, 6.45) is 4.56. The molecule has 0 aromatic heterocycles. The number of hydrogen-bond donors (Lipinski definition) is 1. The summed E-state index contributed by atoms with van der Waals surface area (Å²) in [6, 6.07) is 0. The Morgan fingerprint density at radius 3 is 2.35 bits per heavy atom. The van der Waals surface area contributed by atoms with E-state index in [1.165, 1.54) is 4.90 Å². The minimum Gasteiger partial charge on any atom is -0.480 e. The number of hydrogen-bond acceptors (Lipinski definition) is 3. The molecule has 0 aliphatic heterocycles. The summed E-state index contributed by atoms with van der Waals surface area (Å²) < 4.78 is 5.88. The number of rotatable bonds is 8. The zero-order valence-electron chi connectivity index (χ0n) is 12.8. The van der Waals surface area contributed by atoms with Gasteiger partial charge < -0.3 is 14.7 Å². The number of carboxylic acid groups (broad SMARTS) is 1. The van der Waals surface area contributed by atoms with Gasteiger partial charge in [-0.3, -0.25) is 9.59 Å². The second-order valence-electron chi connectivity index (χ2n) is 5.95. The molecule has 0 aromatic carbocycles. The minimum atomic E-state index is -0.977. The van der Waals surface area contributed by atoms with E-state index in [1.54, 1.807) is 0 Å². The number of carbonyl (C=O) groups excluding carboxylic acids is 1. The maximum Gasteiger partial charge on any atom is 0.323 e. The molecule has 5 heteroatoms. The third-order valence-electron chi connectivity index (χ3n) is 3.53.